The highest BCUT2D eigenvalue weighted by Gasteiger charge is 2.26. The Morgan fingerprint density at radius 2 is 1.74 bits per heavy atom. The highest BCUT2D eigenvalue weighted by atomic mass is 35.5. The first-order chi connectivity index (χ1) is 16.8. The van der Waals surface area contributed by atoms with E-state index in [4.69, 9.17) is 16.3 Å². The van der Waals surface area contributed by atoms with Crippen LogP contribution in [0.15, 0.2) is 59.4 Å². The molecule has 2 aromatic carbocycles. The Labute approximate surface area is 208 Å². The second-order valence-corrected chi connectivity index (χ2v) is 8.76. The van der Waals surface area contributed by atoms with Gasteiger partial charge in [-0.15, -0.1) is 0 Å². The van der Waals surface area contributed by atoms with Gasteiger partial charge in [0, 0.05) is 28.2 Å². The van der Waals surface area contributed by atoms with E-state index in [2.05, 4.69) is 15.6 Å². The number of carbonyl (C=O) groups is 3. The molecule has 9 nitrogen and oxygen atoms in total. The number of hydrogen-bond acceptors (Lipinski definition) is 7. The molecule has 2 aromatic heterocycles. The van der Waals surface area contributed by atoms with Crippen LogP contribution in [0, 0.1) is 6.92 Å². The SMILES string of the molecule is CCOC(=O)c1ccc(NC(=O)c2sc3nc(C)cc(=O)n3c2C(=O)Nc2cccc(Cl)c2)cc1. The van der Waals surface area contributed by atoms with Crippen molar-refractivity contribution in [3.05, 3.63) is 91.8 Å². The first kappa shape index (κ1) is 24.1. The summed E-state index contributed by atoms with van der Waals surface area (Å²) in [7, 11) is 0. The van der Waals surface area contributed by atoms with Crippen molar-refractivity contribution < 1.29 is 19.1 Å². The molecule has 0 atom stereocenters. The summed E-state index contributed by atoms with van der Waals surface area (Å²) in [6.45, 7) is 3.60. The highest BCUT2D eigenvalue weighted by Crippen LogP contribution is 2.25. The number of thiazole rings is 1. The summed E-state index contributed by atoms with van der Waals surface area (Å²) in [5, 5.41) is 5.78. The molecule has 0 aliphatic heterocycles. The van der Waals surface area contributed by atoms with Crippen LogP contribution in [0.5, 0.6) is 0 Å². The lowest BCUT2D eigenvalue weighted by Crippen LogP contribution is -2.25. The summed E-state index contributed by atoms with van der Waals surface area (Å²) in [5.41, 5.74) is 0.939. The Morgan fingerprint density at radius 1 is 1.03 bits per heavy atom. The minimum Gasteiger partial charge on any atom is -0.462 e. The molecule has 0 unspecified atom stereocenters. The van der Waals surface area contributed by atoms with E-state index >= 15 is 0 Å². The first-order valence-corrected chi connectivity index (χ1v) is 11.6. The van der Waals surface area contributed by atoms with E-state index in [1.807, 2.05) is 0 Å². The number of nitrogens with one attached hydrogen (secondary N) is 2. The van der Waals surface area contributed by atoms with Crippen LogP contribution in [0.1, 0.15) is 43.1 Å². The van der Waals surface area contributed by atoms with E-state index in [9.17, 15) is 19.2 Å². The van der Waals surface area contributed by atoms with Crippen molar-refractivity contribution in [1.82, 2.24) is 9.38 Å². The minimum absolute atomic E-state index is 0.00537. The Morgan fingerprint density at radius 3 is 2.43 bits per heavy atom. The van der Waals surface area contributed by atoms with Gasteiger partial charge >= 0.3 is 5.97 Å². The zero-order valence-electron chi connectivity index (χ0n) is 18.6. The fourth-order valence-corrected chi connectivity index (χ4v) is 4.55. The third-order valence-corrected chi connectivity index (χ3v) is 6.08. The van der Waals surface area contributed by atoms with Crippen molar-refractivity contribution in [3.63, 3.8) is 0 Å². The van der Waals surface area contributed by atoms with E-state index in [0.717, 1.165) is 15.7 Å². The fraction of sp³-hybridized carbons (Fsp3) is 0.125. The van der Waals surface area contributed by atoms with Crippen LogP contribution >= 0.6 is 22.9 Å². The molecule has 0 radical (unpaired) electrons. The topological polar surface area (TPSA) is 119 Å². The van der Waals surface area contributed by atoms with Gasteiger partial charge in [-0.1, -0.05) is 29.0 Å². The van der Waals surface area contributed by atoms with Gasteiger partial charge in [0.2, 0.25) is 0 Å². The molecule has 0 saturated carbocycles. The Hall–Kier alpha value is -4.02. The highest BCUT2D eigenvalue weighted by molar-refractivity contribution is 7.19. The minimum atomic E-state index is -0.672. The molecule has 4 aromatic rings. The number of aryl methyl sites for hydroxylation is 1. The molecule has 35 heavy (non-hydrogen) atoms. The van der Waals surface area contributed by atoms with Gasteiger partial charge in [0.15, 0.2) is 4.96 Å². The summed E-state index contributed by atoms with van der Waals surface area (Å²) in [6, 6.07) is 13.9. The standard InChI is InChI=1S/C24H19ClN4O5S/c1-3-34-23(33)14-7-9-16(10-8-14)27-22(32)20-19(21(31)28-17-6-4-5-15(25)12-17)29-18(30)11-13(2)26-24(29)35-20/h4-12H,3H2,1-2H3,(H,27,32)(H,28,31). The predicted octanol–water partition coefficient (Wildman–Crippen LogP) is 4.40. The van der Waals surface area contributed by atoms with Gasteiger partial charge in [-0.25, -0.2) is 14.2 Å². The lowest BCUT2D eigenvalue weighted by atomic mass is 10.2. The van der Waals surface area contributed by atoms with E-state index < -0.39 is 23.3 Å². The fourth-order valence-electron chi connectivity index (χ4n) is 3.29. The van der Waals surface area contributed by atoms with Gasteiger partial charge in [0.05, 0.1) is 12.2 Å². The van der Waals surface area contributed by atoms with E-state index in [1.165, 1.54) is 30.3 Å². The van der Waals surface area contributed by atoms with Gasteiger partial charge in [-0.2, -0.15) is 0 Å². The van der Waals surface area contributed by atoms with Crippen LogP contribution in [0.2, 0.25) is 5.02 Å². The number of hydrogen-bond donors (Lipinski definition) is 2. The quantitative estimate of drug-likeness (QED) is 0.371. The van der Waals surface area contributed by atoms with E-state index in [1.54, 1.807) is 38.1 Å². The Kier molecular flexibility index (Phi) is 6.94. The second kappa shape index (κ2) is 10.1. The van der Waals surface area contributed by atoms with Crippen molar-refractivity contribution in [2.75, 3.05) is 17.2 Å². The number of rotatable bonds is 6. The predicted molar refractivity (Wildman–Crippen MR) is 134 cm³/mol. The van der Waals surface area contributed by atoms with Crippen molar-refractivity contribution >= 4 is 57.1 Å². The molecule has 178 valence electrons. The smallest absolute Gasteiger partial charge is 0.338 e. The average molecular weight is 511 g/mol. The van der Waals surface area contributed by atoms with Gasteiger partial charge in [0.25, 0.3) is 17.4 Å². The lowest BCUT2D eigenvalue weighted by Gasteiger charge is -2.09. The Balaban J connectivity index is 1.70. The number of aromatic nitrogens is 2. The van der Waals surface area contributed by atoms with Crippen LogP contribution < -0.4 is 16.2 Å². The van der Waals surface area contributed by atoms with Crippen LogP contribution in [0.25, 0.3) is 4.96 Å². The molecule has 0 fully saturated rings. The molecule has 0 aliphatic carbocycles. The van der Waals surface area contributed by atoms with Crippen molar-refractivity contribution in [1.29, 1.82) is 0 Å². The summed E-state index contributed by atoms with van der Waals surface area (Å²) in [6.07, 6.45) is 0. The number of amides is 2. The van der Waals surface area contributed by atoms with Crippen LogP contribution in [0.3, 0.4) is 0 Å². The molecule has 11 heteroatoms. The van der Waals surface area contributed by atoms with E-state index in [-0.39, 0.29) is 22.1 Å². The van der Waals surface area contributed by atoms with Gasteiger partial charge in [0.1, 0.15) is 10.6 Å². The lowest BCUT2D eigenvalue weighted by molar-refractivity contribution is 0.0526. The van der Waals surface area contributed by atoms with Crippen molar-refractivity contribution in [2.24, 2.45) is 0 Å². The molecule has 2 heterocycles. The van der Waals surface area contributed by atoms with Crippen LogP contribution in [-0.2, 0) is 4.74 Å². The number of ether oxygens (including phenoxy) is 1. The van der Waals surface area contributed by atoms with Gasteiger partial charge in [-0.05, 0) is 56.3 Å². The first-order valence-electron chi connectivity index (χ1n) is 10.5. The normalized spacial score (nSPS) is 10.7. The summed E-state index contributed by atoms with van der Waals surface area (Å²) >= 11 is 6.92. The number of anilines is 2. The third-order valence-electron chi connectivity index (χ3n) is 4.81. The molecule has 4 rings (SSSR count). The maximum atomic E-state index is 13.2. The number of benzene rings is 2. The zero-order chi connectivity index (χ0) is 25.1. The maximum absolute atomic E-state index is 13.2. The molecule has 2 amide bonds. The van der Waals surface area contributed by atoms with E-state index in [0.29, 0.717) is 27.7 Å². The molecule has 0 aliphatic rings. The molecular weight excluding hydrogens is 492 g/mol. The van der Waals surface area contributed by atoms with Crippen molar-refractivity contribution in [2.45, 2.75) is 13.8 Å². The largest absolute Gasteiger partial charge is 0.462 e. The number of carbonyl (C=O) groups excluding carboxylic acids is 3. The van der Waals surface area contributed by atoms with Gasteiger partial charge in [-0.3, -0.25) is 14.4 Å². The molecule has 0 spiro atoms. The molecule has 0 bridgehead atoms. The molecule has 2 N–H and O–H groups in total. The van der Waals surface area contributed by atoms with Crippen LogP contribution in [0.4, 0.5) is 11.4 Å². The van der Waals surface area contributed by atoms with Gasteiger partial charge < -0.3 is 15.4 Å². The monoisotopic (exact) mass is 510 g/mol. The summed E-state index contributed by atoms with van der Waals surface area (Å²) in [4.78, 5) is 55.5. The average Bonchev–Trinajstić information content (AvgIpc) is 3.20. The Bertz CT molecular complexity index is 1510. The number of nitrogens with zero attached hydrogens (tertiary/aromatic N) is 2. The zero-order valence-corrected chi connectivity index (χ0v) is 20.2. The maximum Gasteiger partial charge on any atom is 0.338 e. The second-order valence-electron chi connectivity index (χ2n) is 7.35. The van der Waals surface area contributed by atoms with Crippen LogP contribution in [-0.4, -0.2) is 33.8 Å². The molecule has 0 saturated heterocycles. The summed E-state index contributed by atoms with van der Waals surface area (Å²) < 4.78 is 6.06. The van der Waals surface area contributed by atoms with Crippen molar-refractivity contribution in [3.8, 4) is 0 Å². The number of halogens is 1. The summed E-state index contributed by atoms with van der Waals surface area (Å²) in [5.74, 6) is -1.76. The number of fused-ring (bicyclic) bond motifs is 1. The molecular formula is C24H19ClN4O5S. The number of esters is 1. The third kappa shape index (κ3) is 5.23.